The van der Waals surface area contributed by atoms with Crippen LogP contribution in [-0.2, 0) is 0 Å². The number of ether oxygens (including phenoxy) is 2. The first kappa shape index (κ1) is 19.7. The average Bonchev–Trinajstić information content (AvgIpc) is 2.77. The van der Waals surface area contributed by atoms with Gasteiger partial charge in [-0.1, -0.05) is 12.1 Å². The van der Waals surface area contributed by atoms with Crippen molar-refractivity contribution >= 4 is 17.4 Å². The van der Waals surface area contributed by atoms with Gasteiger partial charge in [0.2, 0.25) is 5.88 Å². The van der Waals surface area contributed by atoms with E-state index < -0.39 is 0 Å². The fourth-order valence-electron chi connectivity index (χ4n) is 3.40. The van der Waals surface area contributed by atoms with E-state index in [0.29, 0.717) is 24.7 Å². The van der Waals surface area contributed by atoms with E-state index >= 15 is 0 Å². The summed E-state index contributed by atoms with van der Waals surface area (Å²) in [7, 11) is 4.93. The lowest BCUT2D eigenvalue weighted by Gasteiger charge is -2.34. The summed E-state index contributed by atoms with van der Waals surface area (Å²) in [5.41, 5.74) is 2.21. The van der Waals surface area contributed by atoms with Crippen LogP contribution in [0.15, 0.2) is 42.6 Å². The molecular formula is C21H26N4O3. The topological polar surface area (TPSA) is 78.8 Å². The number of nitrogens with zero attached hydrogens (tertiary/aromatic N) is 3. The monoisotopic (exact) mass is 382 g/mol. The van der Waals surface area contributed by atoms with Crippen LogP contribution in [0.2, 0.25) is 0 Å². The summed E-state index contributed by atoms with van der Waals surface area (Å²) in [6, 6.07) is 11.1. The molecule has 0 radical (unpaired) electrons. The van der Waals surface area contributed by atoms with Crippen molar-refractivity contribution in [3.8, 4) is 11.6 Å². The fraction of sp³-hybridized carbons (Fsp3) is 0.381. The average molecular weight is 382 g/mol. The van der Waals surface area contributed by atoms with Gasteiger partial charge in [-0.15, -0.1) is 0 Å². The van der Waals surface area contributed by atoms with Crippen LogP contribution in [0.1, 0.15) is 18.4 Å². The highest BCUT2D eigenvalue weighted by molar-refractivity contribution is 6.00. The summed E-state index contributed by atoms with van der Waals surface area (Å²) >= 11 is 0. The maximum Gasteiger partial charge on any atom is 0.324 e. The smallest absolute Gasteiger partial charge is 0.324 e. The number of benzene rings is 1. The molecule has 1 N–H and O–H groups in total. The number of methoxy groups -OCH3 is 2. The van der Waals surface area contributed by atoms with Gasteiger partial charge < -0.3 is 19.8 Å². The van der Waals surface area contributed by atoms with Gasteiger partial charge in [-0.3, -0.25) is 4.90 Å². The molecule has 0 atom stereocenters. The number of rotatable bonds is 5. The van der Waals surface area contributed by atoms with Crippen molar-refractivity contribution in [1.82, 2.24) is 9.88 Å². The maximum absolute atomic E-state index is 12.8. The molecule has 2 heterocycles. The molecule has 148 valence electrons. The van der Waals surface area contributed by atoms with Crippen LogP contribution < -0.4 is 14.4 Å². The standard InChI is InChI=1S/C21H26N4O3/c1-24(17-7-8-19(28-3)23-14-17)21(26)25-11-9-15(10-12-25)20(22)16-5-4-6-18(13-16)27-2/h4-8,13-15,22H,9-12H2,1-3H3. The molecule has 1 aromatic carbocycles. The third-order valence-electron chi connectivity index (χ3n) is 5.16. The molecule has 0 bridgehead atoms. The third kappa shape index (κ3) is 4.24. The maximum atomic E-state index is 12.8. The van der Waals surface area contributed by atoms with E-state index in [9.17, 15) is 4.79 Å². The molecular weight excluding hydrogens is 356 g/mol. The zero-order valence-corrected chi connectivity index (χ0v) is 16.5. The summed E-state index contributed by atoms with van der Waals surface area (Å²) in [4.78, 5) is 20.4. The van der Waals surface area contributed by atoms with E-state index in [0.717, 1.165) is 29.8 Å². The number of hydrogen-bond acceptors (Lipinski definition) is 5. The predicted octanol–water partition coefficient (Wildman–Crippen LogP) is 3.44. The molecule has 28 heavy (non-hydrogen) atoms. The number of carbonyl (C=O) groups excluding carboxylic acids is 1. The van der Waals surface area contributed by atoms with E-state index in [2.05, 4.69) is 4.98 Å². The van der Waals surface area contributed by atoms with Crippen molar-refractivity contribution in [2.75, 3.05) is 39.3 Å². The molecule has 1 saturated heterocycles. The highest BCUT2D eigenvalue weighted by Gasteiger charge is 2.28. The molecule has 0 aliphatic carbocycles. The molecule has 7 heteroatoms. The number of amides is 2. The molecule has 0 saturated carbocycles. The summed E-state index contributed by atoms with van der Waals surface area (Å²) < 4.78 is 10.3. The van der Waals surface area contributed by atoms with Gasteiger partial charge in [-0.05, 0) is 36.6 Å². The van der Waals surface area contributed by atoms with E-state index in [4.69, 9.17) is 14.9 Å². The van der Waals surface area contributed by atoms with Crippen LogP contribution in [0.25, 0.3) is 0 Å². The summed E-state index contributed by atoms with van der Waals surface area (Å²) in [5, 5.41) is 8.54. The van der Waals surface area contributed by atoms with E-state index in [1.807, 2.05) is 35.2 Å². The Morgan fingerprint density at radius 3 is 2.54 bits per heavy atom. The SMILES string of the molecule is COc1cccc(C(=N)C2CCN(C(=O)N(C)c3ccc(OC)nc3)CC2)c1. The zero-order valence-electron chi connectivity index (χ0n) is 16.5. The van der Waals surface area contributed by atoms with Crippen molar-refractivity contribution < 1.29 is 14.3 Å². The Morgan fingerprint density at radius 1 is 1.18 bits per heavy atom. The predicted molar refractivity (Wildman–Crippen MR) is 109 cm³/mol. The Hall–Kier alpha value is -3.09. The summed E-state index contributed by atoms with van der Waals surface area (Å²) in [6.07, 6.45) is 3.18. The third-order valence-corrected chi connectivity index (χ3v) is 5.16. The second-order valence-corrected chi connectivity index (χ2v) is 6.81. The minimum atomic E-state index is -0.0571. The summed E-state index contributed by atoms with van der Waals surface area (Å²) in [6.45, 7) is 1.26. The highest BCUT2D eigenvalue weighted by atomic mass is 16.5. The van der Waals surface area contributed by atoms with Gasteiger partial charge in [0, 0.05) is 37.8 Å². The molecule has 7 nitrogen and oxygen atoms in total. The van der Waals surface area contributed by atoms with Gasteiger partial charge in [0.25, 0.3) is 0 Å². The first-order chi connectivity index (χ1) is 13.5. The number of piperidine rings is 1. The number of nitrogens with one attached hydrogen (secondary N) is 1. The second kappa shape index (κ2) is 8.73. The lowest BCUT2D eigenvalue weighted by molar-refractivity contribution is 0.188. The van der Waals surface area contributed by atoms with Crippen molar-refractivity contribution in [3.05, 3.63) is 48.2 Å². The van der Waals surface area contributed by atoms with Crippen LogP contribution >= 0.6 is 0 Å². The number of urea groups is 1. The van der Waals surface area contributed by atoms with E-state index in [1.165, 1.54) is 0 Å². The van der Waals surface area contributed by atoms with Crippen LogP contribution in [0, 0.1) is 11.3 Å². The van der Waals surface area contributed by atoms with E-state index in [-0.39, 0.29) is 11.9 Å². The van der Waals surface area contributed by atoms with Crippen LogP contribution in [0.3, 0.4) is 0 Å². The molecule has 2 aromatic rings. The number of likely N-dealkylation sites (tertiary alicyclic amines) is 1. The molecule has 1 aliphatic heterocycles. The van der Waals surface area contributed by atoms with Crippen molar-refractivity contribution in [1.29, 1.82) is 5.41 Å². The van der Waals surface area contributed by atoms with Crippen LogP contribution in [0.4, 0.5) is 10.5 Å². The van der Waals surface area contributed by atoms with Gasteiger partial charge in [0.15, 0.2) is 0 Å². The lowest BCUT2D eigenvalue weighted by atomic mass is 9.88. The summed E-state index contributed by atoms with van der Waals surface area (Å²) in [5.74, 6) is 1.41. The minimum absolute atomic E-state index is 0.0571. The Kier molecular flexibility index (Phi) is 6.13. The van der Waals surface area contributed by atoms with Crippen molar-refractivity contribution in [2.45, 2.75) is 12.8 Å². The first-order valence-electron chi connectivity index (χ1n) is 9.29. The molecule has 0 unspecified atom stereocenters. The molecule has 1 fully saturated rings. The quantitative estimate of drug-likeness (QED) is 0.804. The first-order valence-corrected chi connectivity index (χ1v) is 9.29. The molecule has 3 rings (SSSR count). The lowest BCUT2D eigenvalue weighted by Crippen LogP contribution is -2.46. The zero-order chi connectivity index (χ0) is 20.1. The number of pyridine rings is 1. The normalized spacial score (nSPS) is 14.5. The van der Waals surface area contributed by atoms with Crippen LogP contribution in [-0.4, -0.2) is 56.0 Å². The number of aromatic nitrogens is 1. The Labute approximate surface area is 165 Å². The Bertz CT molecular complexity index is 830. The second-order valence-electron chi connectivity index (χ2n) is 6.81. The number of anilines is 1. The minimum Gasteiger partial charge on any atom is -0.497 e. The van der Waals surface area contributed by atoms with Gasteiger partial charge in [-0.2, -0.15) is 0 Å². The molecule has 1 aliphatic rings. The Morgan fingerprint density at radius 2 is 1.93 bits per heavy atom. The van der Waals surface area contributed by atoms with Gasteiger partial charge in [0.05, 0.1) is 26.1 Å². The highest BCUT2D eigenvalue weighted by Crippen LogP contribution is 2.25. The molecule has 0 spiro atoms. The number of hydrogen-bond donors (Lipinski definition) is 1. The van der Waals surface area contributed by atoms with Gasteiger partial charge in [0.1, 0.15) is 5.75 Å². The number of carbonyl (C=O) groups is 1. The van der Waals surface area contributed by atoms with Crippen molar-refractivity contribution in [3.63, 3.8) is 0 Å². The van der Waals surface area contributed by atoms with E-state index in [1.54, 1.807) is 38.4 Å². The molecule has 1 aromatic heterocycles. The van der Waals surface area contributed by atoms with Crippen LogP contribution in [0.5, 0.6) is 11.6 Å². The van der Waals surface area contributed by atoms with Gasteiger partial charge >= 0.3 is 6.03 Å². The Balaban J connectivity index is 1.59. The van der Waals surface area contributed by atoms with Crippen molar-refractivity contribution in [2.24, 2.45) is 5.92 Å². The largest absolute Gasteiger partial charge is 0.497 e. The molecule has 2 amide bonds. The van der Waals surface area contributed by atoms with Gasteiger partial charge in [-0.25, -0.2) is 9.78 Å². The fourth-order valence-corrected chi connectivity index (χ4v) is 3.40.